The van der Waals surface area contributed by atoms with Crippen molar-refractivity contribution in [2.45, 2.75) is 11.8 Å². The summed E-state index contributed by atoms with van der Waals surface area (Å²) in [5.74, 6) is 0.985. The van der Waals surface area contributed by atoms with E-state index in [1.165, 1.54) is 24.4 Å². The Hall–Kier alpha value is -1.45. The Morgan fingerprint density at radius 1 is 1.25 bits per heavy atom. The Kier molecular flexibility index (Phi) is 5.10. The quantitative estimate of drug-likeness (QED) is 0.595. The van der Waals surface area contributed by atoms with Gasteiger partial charge >= 0.3 is 0 Å². The smallest absolute Gasteiger partial charge is 0.173 e. The molecule has 0 atom stereocenters. The van der Waals surface area contributed by atoms with Gasteiger partial charge in [-0.1, -0.05) is 29.3 Å². The number of benzene rings is 2. The van der Waals surface area contributed by atoms with Crippen LogP contribution in [0, 0.1) is 6.92 Å². The van der Waals surface area contributed by atoms with Crippen LogP contribution in [-0.4, -0.2) is 18.6 Å². The maximum absolute atomic E-state index is 12.2. The molecule has 0 aromatic heterocycles. The molecule has 0 fully saturated rings. The highest BCUT2D eigenvalue weighted by molar-refractivity contribution is 8.00. The Bertz CT molecular complexity index is 626. The summed E-state index contributed by atoms with van der Waals surface area (Å²) in [6, 6.07) is 13.2. The molecule has 2 rings (SSSR count). The molecule has 0 aliphatic carbocycles. The van der Waals surface area contributed by atoms with Gasteiger partial charge in [-0.3, -0.25) is 4.79 Å². The first-order valence-electron chi connectivity index (χ1n) is 6.16. The number of thioether (sulfide) groups is 1. The predicted molar refractivity (Wildman–Crippen MR) is 84.2 cm³/mol. The number of ether oxygens (including phenoxy) is 1. The predicted octanol–water partition coefficient (Wildman–Crippen LogP) is 4.63. The molecule has 0 N–H and O–H groups in total. The maximum atomic E-state index is 12.2. The average molecular weight is 307 g/mol. The van der Waals surface area contributed by atoms with Gasteiger partial charge in [0.1, 0.15) is 5.75 Å². The van der Waals surface area contributed by atoms with Crippen LogP contribution in [0.4, 0.5) is 0 Å². The van der Waals surface area contributed by atoms with Crippen LogP contribution in [0.1, 0.15) is 15.9 Å². The number of ketones is 1. The van der Waals surface area contributed by atoms with E-state index in [0.29, 0.717) is 22.1 Å². The Morgan fingerprint density at radius 3 is 2.75 bits per heavy atom. The molecule has 0 heterocycles. The van der Waals surface area contributed by atoms with Crippen molar-refractivity contribution in [3.05, 3.63) is 58.6 Å². The van der Waals surface area contributed by atoms with Crippen molar-refractivity contribution in [3.63, 3.8) is 0 Å². The molecule has 2 aromatic carbocycles. The van der Waals surface area contributed by atoms with E-state index in [4.69, 9.17) is 16.3 Å². The number of carbonyl (C=O) groups is 1. The van der Waals surface area contributed by atoms with Gasteiger partial charge in [-0.2, -0.15) is 0 Å². The standard InChI is InChI=1S/C16H15ClO2S/c1-11-4-3-5-13(8-11)20-10-15(18)12-6-7-14(17)16(9-12)19-2/h3-9H,10H2,1-2H3. The van der Waals surface area contributed by atoms with Crippen LogP contribution in [0.5, 0.6) is 5.75 Å². The van der Waals surface area contributed by atoms with Crippen LogP contribution in [0.15, 0.2) is 47.4 Å². The number of carbonyl (C=O) groups excluding carboxylic acids is 1. The van der Waals surface area contributed by atoms with E-state index < -0.39 is 0 Å². The SMILES string of the molecule is COc1cc(C(=O)CSc2cccc(C)c2)ccc1Cl. The molecule has 0 unspecified atom stereocenters. The van der Waals surface area contributed by atoms with E-state index in [1.807, 2.05) is 25.1 Å². The molecule has 0 amide bonds. The number of Topliss-reactive ketones (excluding diaryl/α,β-unsaturated/α-hetero) is 1. The molecule has 4 heteroatoms. The number of aryl methyl sites for hydroxylation is 1. The normalized spacial score (nSPS) is 10.3. The first-order valence-corrected chi connectivity index (χ1v) is 7.52. The van der Waals surface area contributed by atoms with Gasteiger partial charge in [0.2, 0.25) is 0 Å². The maximum Gasteiger partial charge on any atom is 0.173 e. The molecule has 2 aromatic rings. The average Bonchev–Trinajstić information content (AvgIpc) is 2.45. The number of methoxy groups -OCH3 is 1. The van der Waals surface area contributed by atoms with Crippen molar-refractivity contribution in [2.75, 3.05) is 12.9 Å². The zero-order valence-corrected chi connectivity index (χ0v) is 12.9. The summed E-state index contributed by atoms with van der Waals surface area (Å²) in [5, 5.41) is 0.510. The summed E-state index contributed by atoms with van der Waals surface area (Å²) in [4.78, 5) is 13.3. The van der Waals surface area contributed by atoms with Gasteiger partial charge in [-0.25, -0.2) is 0 Å². The topological polar surface area (TPSA) is 26.3 Å². The number of rotatable bonds is 5. The molecule has 0 spiro atoms. The second-order valence-electron chi connectivity index (χ2n) is 4.38. The molecule has 0 saturated carbocycles. The lowest BCUT2D eigenvalue weighted by Gasteiger charge is -2.06. The molecule has 0 radical (unpaired) electrons. The lowest BCUT2D eigenvalue weighted by Crippen LogP contribution is -2.02. The number of hydrogen-bond donors (Lipinski definition) is 0. The first-order chi connectivity index (χ1) is 9.60. The highest BCUT2D eigenvalue weighted by Crippen LogP contribution is 2.26. The lowest BCUT2D eigenvalue weighted by molar-refractivity contribution is 0.102. The fourth-order valence-electron chi connectivity index (χ4n) is 1.77. The largest absolute Gasteiger partial charge is 0.495 e. The molecule has 0 bridgehead atoms. The highest BCUT2D eigenvalue weighted by atomic mass is 35.5. The van der Waals surface area contributed by atoms with Gasteiger partial charge in [-0.05, 0) is 37.3 Å². The number of halogens is 1. The van der Waals surface area contributed by atoms with Crippen LogP contribution in [0.2, 0.25) is 5.02 Å². The zero-order chi connectivity index (χ0) is 14.5. The van der Waals surface area contributed by atoms with Gasteiger partial charge in [0.15, 0.2) is 5.78 Å². The van der Waals surface area contributed by atoms with E-state index in [0.717, 1.165) is 4.90 Å². The minimum absolute atomic E-state index is 0.0615. The third-order valence-corrected chi connectivity index (χ3v) is 4.14. The molecule has 0 aliphatic rings. The summed E-state index contributed by atoms with van der Waals surface area (Å²) in [6.07, 6.45) is 0. The second-order valence-corrected chi connectivity index (χ2v) is 5.83. The summed E-state index contributed by atoms with van der Waals surface area (Å²) < 4.78 is 5.12. The zero-order valence-electron chi connectivity index (χ0n) is 11.4. The van der Waals surface area contributed by atoms with Crippen molar-refractivity contribution in [1.29, 1.82) is 0 Å². The van der Waals surface area contributed by atoms with Gasteiger partial charge in [0.25, 0.3) is 0 Å². The van der Waals surface area contributed by atoms with Crippen LogP contribution in [-0.2, 0) is 0 Å². The fraction of sp³-hybridized carbons (Fsp3) is 0.188. The molecule has 20 heavy (non-hydrogen) atoms. The molecule has 0 saturated heterocycles. The van der Waals surface area contributed by atoms with Crippen LogP contribution in [0.25, 0.3) is 0 Å². The highest BCUT2D eigenvalue weighted by Gasteiger charge is 2.10. The molecule has 2 nitrogen and oxygen atoms in total. The Labute approximate surface area is 128 Å². The van der Waals surface area contributed by atoms with Crippen molar-refractivity contribution in [2.24, 2.45) is 0 Å². The van der Waals surface area contributed by atoms with Gasteiger partial charge in [0, 0.05) is 10.5 Å². The summed E-state index contributed by atoms with van der Waals surface area (Å²) in [5.41, 5.74) is 1.81. The third kappa shape index (κ3) is 3.78. The van der Waals surface area contributed by atoms with E-state index in [2.05, 4.69) is 6.07 Å². The van der Waals surface area contributed by atoms with E-state index in [-0.39, 0.29) is 5.78 Å². The Morgan fingerprint density at radius 2 is 2.05 bits per heavy atom. The van der Waals surface area contributed by atoms with Crippen LogP contribution in [0.3, 0.4) is 0 Å². The molecular weight excluding hydrogens is 292 g/mol. The van der Waals surface area contributed by atoms with E-state index in [1.54, 1.807) is 18.2 Å². The van der Waals surface area contributed by atoms with Gasteiger partial charge in [0.05, 0.1) is 17.9 Å². The summed E-state index contributed by atoms with van der Waals surface area (Å²) in [7, 11) is 1.54. The van der Waals surface area contributed by atoms with Crippen LogP contribution < -0.4 is 4.74 Å². The molecular formula is C16H15ClO2S. The first kappa shape index (κ1) is 14.9. The van der Waals surface area contributed by atoms with Crippen molar-refractivity contribution >= 4 is 29.1 Å². The second kappa shape index (κ2) is 6.82. The van der Waals surface area contributed by atoms with Gasteiger partial charge in [-0.15, -0.1) is 11.8 Å². The lowest BCUT2D eigenvalue weighted by atomic mass is 10.1. The number of hydrogen-bond acceptors (Lipinski definition) is 3. The summed E-state index contributed by atoms with van der Waals surface area (Å²) >= 11 is 7.48. The minimum atomic E-state index is 0.0615. The minimum Gasteiger partial charge on any atom is -0.495 e. The van der Waals surface area contributed by atoms with E-state index in [9.17, 15) is 4.79 Å². The monoisotopic (exact) mass is 306 g/mol. The summed E-state index contributed by atoms with van der Waals surface area (Å²) in [6.45, 7) is 2.04. The van der Waals surface area contributed by atoms with E-state index >= 15 is 0 Å². The third-order valence-electron chi connectivity index (χ3n) is 2.83. The van der Waals surface area contributed by atoms with Crippen molar-refractivity contribution < 1.29 is 9.53 Å². The molecule has 104 valence electrons. The molecule has 0 aliphatic heterocycles. The van der Waals surface area contributed by atoms with Gasteiger partial charge < -0.3 is 4.74 Å². The van der Waals surface area contributed by atoms with Crippen molar-refractivity contribution in [3.8, 4) is 5.75 Å². The van der Waals surface area contributed by atoms with Crippen LogP contribution >= 0.6 is 23.4 Å². The Balaban J connectivity index is 2.05. The van der Waals surface area contributed by atoms with Crippen molar-refractivity contribution in [1.82, 2.24) is 0 Å². The fourth-order valence-corrected chi connectivity index (χ4v) is 2.87.